The Morgan fingerprint density at radius 2 is 2.26 bits per heavy atom. The average Bonchev–Trinajstić information content (AvgIpc) is 2.84. The molecule has 1 saturated heterocycles. The SMILES string of the molecule is CNC(C)C(=O)Nc1cccc(N2CCNC2=O)c1. The number of carbonyl (C=O) groups is 2. The topological polar surface area (TPSA) is 73.5 Å². The van der Waals surface area contributed by atoms with Crippen molar-refractivity contribution in [1.82, 2.24) is 10.6 Å². The number of rotatable bonds is 4. The summed E-state index contributed by atoms with van der Waals surface area (Å²) in [4.78, 5) is 25.0. The highest BCUT2D eigenvalue weighted by Gasteiger charge is 2.21. The summed E-state index contributed by atoms with van der Waals surface area (Å²) in [5, 5.41) is 8.43. The first kappa shape index (κ1) is 13.4. The smallest absolute Gasteiger partial charge is 0.321 e. The van der Waals surface area contributed by atoms with Gasteiger partial charge in [-0.25, -0.2) is 4.79 Å². The van der Waals surface area contributed by atoms with Gasteiger partial charge in [0.25, 0.3) is 0 Å². The van der Waals surface area contributed by atoms with Gasteiger partial charge in [-0.05, 0) is 32.2 Å². The molecule has 1 aromatic rings. The summed E-state index contributed by atoms with van der Waals surface area (Å²) < 4.78 is 0. The lowest BCUT2D eigenvalue weighted by atomic mass is 10.2. The molecule has 0 aromatic heterocycles. The Morgan fingerprint density at radius 3 is 2.89 bits per heavy atom. The Labute approximate surface area is 112 Å². The van der Waals surface area contributed by atoms with Gasteiger partial charge in [-0.2, -0.15) is 0 Å². The number of benzene rings is 1. The molecule has 0 saturated carbocycles. The van der Waals surface area contributed by atoms with E-state index in [0.717, 1.165) is 5.69 Å². The molecule has 2 rings (SSSR count). The fourth-order valence-corrected chi connectivity index (χ4v) is 1.85. The fourth-order valence-electron chi connectivity index (χ4n) is 1.85. The molecule has 0 spiro atoms. The van der Waals surface area contributed by atoms with Crippen LogP contribution in [0.5, 0.6) is 0 Å². The first-order valence-electron chi connectivity index (χ1n) is 6.25. The van der Waals surface area contributed by atoms with Crippen LogP contribution in [0.2, 0.25) is 0 Å². The maximum absolute atomic E-state index is 11.8. The highest BCUT2D eigenvalue weighted by atomic mass is 16.2. The van der Waals surface area contributed by atoms with Crippen molar-refractivity contribution < 1.29 is 9.59 Å². The van der Waals surface area contributed by atoms with Gasteiger partial charge >= 0.3 is 6.03 Å². The van der Waals surface area contributed by atoms with E-state index in [9.17, 15) is 9.59 Å². The van der Waals surface area contributed by atoms with E-state index in [-0.39, 0.29) is 18.0 Å². The summed E-state index contributed by atoms with van der Waals surface area (Å²) in [6.45, 7) is 3.07. The summed E-state index contributed by atoms with van der Waals surface area (Å²) in [6.07, 6.45) is 0. The Balaban J connectivity index is 2.11. The van der Waals surface area contributed by atoms with Crippen LogP contribution in [0, 0.1) is 0 Å². The summed E-state index contributed by atoms with van der Waals surface area (Å²) >= 11 is 0. The van der Waals surface area contributed by atoms with E-state index in [1.807, 2.05) is 12.1 Å². The van der Waals surface area contributed by atoms with Crippen molar-refractivity contribution in [3.63, 3.8) is 0 Å². The van der Waals surface area contributed by atoms with Crippen molar-refractivity contribution in [3.05, 3.63) is 24.3 Å². The number of urea groups is 1. The molecule has 1 heterocycles. The van der Waals surface area contributed by atoms with Gasteiger partial charge in [0.1, 0.15) is 0 Å². The normalized spacial score (nSPS) is 16.1. The van der Waals surface area contributed by atoms with Crippen LogP contribution in [0.3, 0.4) is 0 Å². The number of amides is 3. The molecule has 3 amide bonds. The van der Waals surface area contributed by atoms with Gasteiger partial charge in [-0.1, -0.05) is 6.07 Å². The minimum atomic E-state index is -0.265. The Morgan fingerprint density at radius 1 is 1.47 bits per heavy atom. The zero-order valence-electron chi connectivity index (χ0n) is 11.1. The van der Waals surface area contributed by atoms with E-state index in [1.165, 1.54) is 0 Å². The van der Waals surface area contributed by atoms with Crippen molar-refractivity contribution in [2.75, 3.05) is 30.4 Å². The Hall–Kier alpha value is -2.08. The molecule has 0 aliphatic carbocycles. The summed E-state index contributed by atoms with van der Waals surface area (Å²) in [5.74, 6) is -0.106. The van der Waals surface area contributed by atoms with Crippen LogP contribution in [0.15, 0.2) is 24.3 Å². The summed E-state index contributed by atoms with van der Waals surface area (Å²) in [5.41, 5.74) is 1.47. The number of nitrogens with zero attached hydrogens (tertiary/aromatic N) is 1. The molecule has 0 radical (unpaired) electrons. The second kappa shape index (κ2) is 5.71. The molecule has 0 bridgehead atoms. The van der Waals surface area contributed by atoms with Crippen LogP contribution in [0.4, 0.5) is 16.2 Å². The predicted octanol–water partition coefficient (Wildman–Crippen LogP) is 0.763. The van der Waals surface area contributed by atoms with Crippen LogP contribution in [0.1, 0.15) is 6.92 Å². The van der Waals surface area contributed by atoms with Crippen molar-refractivity contribution in [3.8, 4) is 0 Å². The van der Waals surface area contributed by atoms with Gasteiger partial charge in [0.2, 0.25) is 5.91 Å². The molecule has 19 heavy (non-hydrogen) atoms. The molecular weight excluding hydrogens is 244 g/mol. The molecule has 6 heteroatoms. The molecule has 3 N–H and O–H groups in total. The van der Waals surface area contributed by atoms with Gasteiger partial charge in [-0.3, -0.25) is 9.69 Å². The maximum atomic E-state index is 11.8. The average molecular weight is 262 g/mol. The predicted molar refractivity (Wildman–Crippen MR) is 74.3 cm³/mol. The van der Waals surface area contributed by atoms with E-state index in [2.05, 4.69) is 16.0 Å². The van der Waals surface area contributed by atoms with E-state index < -0.39 is 0 Å². The van der Waals surface area contributed by atoms with Gasteiger partial charge < -0.3 is 16.0 Å². The Bertz CT molecular complexity index is 489. The number of hydrogen-bond donors (Lipinski definition) is 3. The second-order valence-corrected chi connectivity index (χ2v) is 4.43. The molecule has 102 valence electrons. The maximum Gasteiger partial charge on any atom is 0.321 e. The number of carbonyl (C=O) groups excluding carboxylic acids is 2. The summed E-state index contributed by atoms with van der Waals surface area (Å²) in [7, 11) is 1.73. The van der Waals surface area contributed by atoms with E-state index in [1.54, 1.807) is 31.0 Å². The fraction of sp³-hybridized carbons (Fsp3) is 0.385. The minimum Gasteiger partial charge on any atom is -0.336 e. The zero-order chi connectivity index (χ0) is 13.8. The van der Waals surface area contributed by atoms with Gasteiger partial charge in [0.15, 0.2) is 0 Å². The highest BCUT2D eigenvalue weighted by molar-refractivity contribution is 5.97. The lowest BCUT2D eigenvalue weighted by Crippen LogP contribution is -2.35. The molecule has 1 atom stereocenters. The first-order valence-corrected chi connectivity index (χ1v) is 6.25. The van der Waals surface area contributed by atoms with Crippen LogP contribution in [-0.4, -0.2) is 38.1 Å². The largest absolute Gasteiger partial charge is 0.336 e. The van der Waals surface area contributed by atoms with Gasteiger partial charge in [0, 0.05) is 24.5 Å². The summed E-state index contributed by atoms with van der Waals surface area (Å²) in [6, 6.07) is 6.90. The second-order valence-electron chi connectivity index (χ2n) is 4.43. The van der Waals surface area contributed by atoms with Crippen molar-refractivity contribution >= 4 is 23.3 Å². The molecular formula is C13H18N4O2. The van der Waals surface area contributed by atoms with Crippen LogP contribution >= 0.6 is 0 Å². The minimum absolute atomic E-state index is 0.105. The number of likely N-dealkylation sites (N-methyl/N-ethyl adjacent to an activating group) is 1. The first-order chi connectivity index (χ1) is 9.11. The third-order valence-corrected chi connectivity index (χ3v) is 3.11. The third-order valence-electron chi connectivity index (χ3n) is 3.11. The molecule has 1 aromatic carbocycles. The van der Waals surface area contributed by atoms with Crippen molar-refractivity contribution in [2.45, 2.75) is 13.0 Å². The van der Waals surface area contributed by atoms with Crippen molar-refractivity contribution in [1.29, 1.82) is 0 Å². The van der Waals surface area contributed by atoms with Crippen LogP contribution in [0.25, 0.3) is 0 Å². The Kier molecular flexibility index (Phi) is 4.01. The van der Waals surface area contributed by atoms with E-state index >= 15 is 0 Å². The van der Waals surface area contributed by atoms with Crippen LogP contribution < -0.4 is 20.9 Å². The zero-order valence-corrected chi connectivity index (χ0v) is 11.1. The molecule has 6 nitrogen and oxygen atoms in total. The van der Waals surface area contributed by atoms with Gasteiger partial charge in [0.05, 0.1) is 6.04 Å². The monoisotopic (exact) mass is 262 g/mol. The lowest BCUT2D eigenvalue weighted by Gasteiger charge is -2.16. The third kappa shape index (κ3) is 3.03. The molecule has 1 aliphatic heterocycles. The number of hydrogen-bond acceptors (Lipinski definition) is 3. The van der Waals surface area contributed by atoms with Crippen molar-refractivity contribution in [2.24, 2.45) is 0 Å². The number of anilines is 2. The van der Waals surface area contributed by atoms with E-state index in [0.29, 0.717) is 18.8 Å². The number of nitrogens with one attached hydrogen (secondary N) is 3. The van der Waals surface area contributed by atoms with E-state index in [4.69, 9.17) is 0 Å². The molecule has 1 unspecified atom stereocenters. The van der Waals surface area contributed by atoms with Gasteiger partial charge in [-0.15, -0.1) is 0 Å². The standard InChI is InChI=1S/C13H18N4O2/c1-9(14-2)12(18)16-10-4-3-5-11(8-10)17-7-6-15-13(17)19/h3-5,8-9,14H,6-7H2,1-2H3,(H,15,19)(H,16,18). The lowest BCUT2D eigenvalue weighted by molar-refractivity contribution is -0.117. The molecule has 1 fully saturated rings. The van der Waals surface area contributed by atoms with Crippen LogP contribution in [-0.2, 0) is 4.79 Å². The molecule has 1 aliphatic rings. The highest BCUT2D eigenvalue weighted by Crippen LogP contribution is 2.21. The quantitative estimate of drug-likeness (QED) is 0.750.